The Morgan fingerprint density at radius 3 is 3.07 bits per heavy atom. The lowest BCUT2D eigenvalue weighted by Crippen LogP contribution is -2.24. The average molecular weight is 220 g/mol. The predicted molar refractivity (Wildman–Crippen MR) is 62.6 cm³/mol. The molecule has 1 aromatic rings. The van der Waals surface area contributed by atoms with Gasteiger partial charge in [0.2, 0.25) is 0 Å². The molecule has 1 aliphatic heterocycles. The topological polar surface area (TPSA) is 33.6 Å². The molecule has 2 radical (unpaired) electrons. The van der Waals surface area contributed by atoms with Gasteiger partial charge >= 0.3 is 0 Å². The molecule has 0 saturated heterocycles. The molecular formula is C10H10BClN2O. The largest absolute Gasteiger partial charge is 0.486 e. The second-order valence-electron chi connectivity index (χ2n) is 3.23. The average Bonchev–Trinajstić information content (AvgIpc) is 2.73. The molecule has 15 heavy (non-hydrogen) atoms. The molecule has 0 fully saturated rings. The van der Waals surface area contributed by atoms with Gasteiger partial charge in [-0.05, 0) is 12.1 Å². The zero-order valence-corrected chi connectivity index (χ0v) is 8.92. The van der Waals surface area contributed by atoms with Crippen molar-refractivity contribution in [2.45, 2.75) is 0 Å². The maximum atomic E-state index is 5.86. The highest BCUT2D eigenvalue weighted by molar-refractivity contribution is 6.45. The Bertz CT molecular complexity index is 395. The minimum atomic E-state index is 0.445. The summed E-state index contributed by atoms with van der Waals surface area (Å²) in [6.07, 6.45) is 0. The third-order valence-corrected chi connectivity index (χ3v) is 2.42. The Morgan fingerprint density at radius 1 is 1.53 bits per heavy atom. The van der Waals surface area contributed by atoms with Crippen molar-refractivity contribution in [2.75, 3.05) is 19.7 Å². The smallest absolute Gasteiger partial charge is 0.145 e. The minimum absolute atomic E-state index is 0.445. The second kappa shape index (κ2) is 4.58. The first-order valence-electron chi connectivity index (χ1n) is 4.71. The van der Waals surface area contributed by atoms with Crippen LogP contribution in [0.2, 0.25) is 5.02 Å². The van der Waals surface area contributed by atoms with Crippen LogP contribution in [0, 0.1) is 0 Å². The fourth-order valence-corrected chi connectivity index (χ4v) is 1.46. The van der Waals surface area contributed by atoms with Gasteiger partial charge in [-0.25, -0.2) is 0 Å². The van der Waals surface area contributed by atoms with Crippen molar-refractivity contribution in [3.63, 3.8) is 0 Å². The van der Waals surface area contributed by atoms with E-state index in [0.717, 1.165) is 18.9 Å². The fraction of sp³-hybridized carbons (Fsp3) is 0.300. The van der Waals surface area contributed by atoms with Crippen LogP contribution in [0.4, 0.5) is 0 Å². The Labute approximate surface area is 94.9 Å². The fourth-order valence-electron chi connectivity index (χ4n) is 1.29. The van der Waals surface area contributed by atoms with Gasteiger partial charge in [-0.1, -0.05) is 23.1 Å². The molecule has 1 aromatic carbocycles. The summed E-state index contributed by atoms with van der Waals surface area (Å²) in [5.74, 6) is 1.58. The molecule has 0 unspecified atom stereocenters. The Hall–Kier alpha value is -1.16. The van der Waals surface area contributed by atoms with Crippen molar-refractivity contribution in [1.82, 2.24) is 5.32 Å². The molecule has 2 rings (SSSR count). The molecule has 0 spiro atoms. The quantitative estimate of drug-likeness (QED) is 0.753. The van der Waals surface area contributed by atoms with Crippen LogP contribution in [0.5, 0.6) is 5.75 Å². The Kier molecular flexibility index (Phi) is 3.16. The number of ether oxygens (including phenoxy) is 1. The minimum Gasteiger partial charge on any atom is -0.486 e. The van der Waals surface area contributed by atoms with Gasteiger partial charge in [0.1, 0.15) is 26.0 Å². The zero-order chi connectivity index (χ0) is 10.7. The van der Waals surface area contributed by atoms with Gasteiger partial charge in [0, 0.05) is 11.6 Å². The monoisotopic (exact) mass is 220 g/mol. The summed E-state index contributed by atoms with van der Waals surface area (Å²) in [6.45, 7) is 2.16. The number of hydrogen-bond donors (Lipinski definition) is 1. The molecule has 0 amide bonds. The number of rotatable bonds is 3. The van der Waals surface area contributed by atoms with Crippen LogP contribution in [0.3, 0.4) is 0 Å². The lowest BCUT2D eigenvalue weighted by Gasteiger charge is -2.07. The number of nitrogens with zero attached hydrogens (tertiary/aromatic N) is 1. The summed E-state index contributed by atoms with van der Waals surface area (Å²) < 4.78 is 5.49. The van der Waals surface area contributed by atoms with E-state index in [2.05, 4.69) is 10.3 Å². The normalized spacial score (nSPS) is 14.6. The number of aliphatic imine (C=N–C) groups is 1. The molecule has 0 aliphatic carbocycles. The van der Waals surface area contributed by atoms with Crippen molar-refractivity contribution in [2.24, 2.45) is 4.99 Å². The van der Waals surface area contributed by atoms with E-state index < -0.39 is 0 Å². The van der Waals surface area contributed by atoms with Crippen molar-refractivity contribution in [3.8, 4) is 5.75 Å². The van der Waals surface area contributed by atoms with E-state index in [4.69, 9.17) is 24.2 Å². The molecule has 0 aromatic heterocycles. The van der Waals surface area contributed by atoms with E-state index in [0.29, 0.717) is 22.8 Å². The van der Waals surface area contributed by atoms with Gasteiger partial charge in [0.25, 0.3) is 0 Å². The van der Waals surface area contributed by atoms with Crippen molar-refractivity contribution >= 4 is 30.7 Å². The summed E-state index contributed by atoms with van der Waals surface area (Å²) in [4.78, 5) is 4.21. The third-order valence-electron chi connectivity index (χ3n) is 2.09. The second-order valence-corrected chi connectivity index (χ2v) is 3.63. The van der Waals surface area contributed by atoms with Crippen LogP contribution < -0.4 is 15.5 Å². The molecule has 3 nitrogen and oxygen atoms in total. The molecule has 5 heteroatoms. The van der Waals surface area contributed by atoms with Crippen molar-refractivity contribution in [3.05, 3.63) is 23.2 Å². The number of nitrogens with one attached hydrogen (secondary N) is 1. The van der Waals surface area contributed by atoms with Crippen LogP contribution in [-0.2, 0) is 0 Å². The first-order chi connectivity index (χ1) is 7.25. The van der Waals surface area contributed by atoms with Crippen molar-refractivity contribution in [1.29, 1.82) is 0 Å². The lowest BCUT2D eigenvalue weighted by molar-refractivity contribution is 0.373. The number of benzene rings is 1. The van der Waals surface area contributed by atoms with E-state index in [1.165, 1.54) is 0 Å². The molecule has 0 saturated carbocycles. The third kappa shape index (κ3) is 2.66. The first-order valence-corrected chi connectivity index (χ1v) is 5.08. The van der Waals surface area contributed by atoms with Gasteiger partial charge in [0.05, 0.1) is 6.54 Å². The van der Waals surface area contributed by atoms with E-state index >= 15 is 0 Å². The number of amidine groups is 1. The summed E-state index contributed by atoms with van der Waals surface area (Å²) in [7, 11) is 5.58. The van der Waals surface area contributed by atoms with Gasteiger partial charge in [0.15, 0.2) is 0 Å². The van der Waals surface area contributed by atoms with Crippen LogP contribution in [0.1, 0.15) is 0 Å². The molecule has 76 valence electrons. The first kappa shape index (κ1) is 10.4. The molecular weight excluding hydrogens is 210 g/mol. The number of hydrogen-bond acceptors (Lipinski definition) is 3. The maximum absolute atomic E-state index is 5.86. The highest BCUT2D eigenvalue weighted by atomic mass is 35.5. The highest BCUT2D eigenvalue weighted by Crippen LogP contribution is 2.14. The Morgan fingerprint density at radius 2 is 2.40 bits per heavy atom. The SMILES string of the molecule is [B]c1ccc(OCC2=NCCN2)cc1Cl. The molecule has 1 heterocycles. The predicted octanol–water partition coefficient (Wildman–Crippen LogP) is 0.514. The molecule has 0 atom stereocenters. The van der Waals surface area contributed by atoms with E-state index in [1.807, 2.05) is 0 Å². The van der Waals surface area contributed by atoms with E-state index in [1.54, 1.807) is 18.2 Å². The van der Waals surface area contributed by atoms with Crippen LogP contribution in [-0.4, -0.2) is 33.4 Å². The summed E-state index contributed by atoms with van der Waals surface area (Å²) in [5.41, 5.74) is 0.556. The van der Waals surface area contributed by atoms with Gasteiger partial charge in [-0.3, -0.25) is 4.99 Å². The van der Waals surface area contributed by atoms with Crippen LogP contribution in [0.25, 0.3) is 0 Å². The molecule has 1 N–H and O–H groups in total. The highest BCUT2D eigenvalue weighted by Gasteiger charge is 2.05. The molecule has 0 bridgehead atoms. The zero-order valence-electron chi connectivity index (χ0n) is 8.16. The van der Waals surface area contributed by atoms with E-state index in [9.17, 15) is 0 Å². The molecule has 1 aliphatic rings. The van der Waals surface area contributed by atoms with Gasteiger partial charge in [-0.2, -0.15) is 0 Å². The van der Waals surface area contributed by atoms with Crippen LogP contribution in [0.15, 0.2) is 23.2 Å². The number of halogens is 1. The van der Waals surface area contributed by atoms with E-state index in [-0.39, 0.29) is 0 Å². The summed E-state index contributed by atoms with van der Waals surface area (Å²) >= 11 is 5.86. The van der Waals surface area contributed by atoms with Gasteiger partial charge in [-0.15, -0.1) is 0 Å². The van der Waals surface area contributed by atoms with Crippen LogP contribution >= 0.6 is 11.6 Å². The van der Waals surface area contributed by atoms with Gasteiger partial charge < -0.3 is 10.1 Å². The summed E-state index contributed by atoms with van der Waals surface area (Å²) in [6, 6.07) is 5.21. The lowest BCUT2D eigenvalue weighted by atomic mass is 9.96. The standard InChI is InChI=1S/C10H10BClN2O/c11-8-2-1-7(5-9(8)12)15-6-10-13-3-4-14-10/h1-2,5H,3-4,6H2,(H,13,14). The summed E-state index contributed by atoms with van der Waals surface area (Å²) in [5, 5.41) is 3.63. The Balaban J connectivity index is 1.96. The maximum Gasteiger partial charge on any atom is 0.145 e. The van der Waals surface area contributed by atoms with Crippen molar-refractivity contribution < 1.29 is 4.74 Å².